The van der Waals surface area contributed by atoms with Crippen LogP contribution < -0.4 is 10.5 Å². The molecule has 7 nitrogen and oxygen atoms in total. The van der Waals surface area contributed by atoms with Crippen LogP contribution in [0.2, 0.25) is 0 Å². The number of aliphatic imine (C=N–C) groups is 1. The molecule has 21 heavy (non-hydrogen) atoms. The Morgan fingerprint density at radius 1 is 1.57 bits per heavy atom. The highest BCUT2D eigenvalue weighted by atomic mass is 127. The molecule has 0 unspecified atom stereocenters. The molecule has 0 radical (unpaired) electrons. The molecular formula is C12H20IN5O2S. The van der Waals surface area contributed by atoms with E-state index >= 15 is 0 Å². The summed E-state index contributed by atoms with van der Waals surface area (Å²) in [7, 11) is -1.62. The minimum absolute atomic E-state index is 0. The maximum Gasteiger partial charge on any atom is 0.242 e. The summed E-state index contributed by atoms with van der Waals surface area (Å²) >= 11 is 0. The Morgan fingerprint density at radius 3 is 2.86 bits per heavy atom. The molecule has 1 aliphatic rings. The quantitative estimate of drug-likeness (QED) is 0.297. The number of rotatable bonds is 6. The predicted molar refractivity (Wildman–Crippen MR) is 92.1 cm³/mol. The van der Waals surface area contributed by atoms with Crippen molar-refractivity contribution in [3.05, 3.63) is 24.5 Å². The predicted octanol–water partition coefficient (Wildman–Crippen LogP) is 0.387. The molecular weight excluding hydrogens is 405 g/mol. The molecule has 0 bridgehead atoms. The number of pyridine rings is 1. The van der Waals surface area contributed by atoms with Crippen molar-refractivity contribution in [2.45, 2.75) is 23.8 Å². The Hall–Kier alpha value is -0.940. The molecule has 1 saturated carbocycles. The number of aromatic nitrogens is 1. The van der Waals surface area contributed by atoms with Crippen LogP contribution in [0, 0.1) is 0 Å². The van der Waals surface area contributed by atoms with Crippen LogP contribution in [0.5, 0.6) is 0 Å². The van der Waals surface area contributed by atoms with Crippen molar-refractivity contribution >= 4 is 40.0 Å². The van der Waals surface area contributed by atoms with Crippen molar-refractivity contribution < 1.29 is 8.42 Å². The second-order valence-electron chi connectivity index (χ2n) is 4.67. The number of sulfonamides is 1. The molecule has 1 aromatic rings. The normalized spacial score (nSPS) is 15.4. The molecule has 0 amide bonds. The summed E-state index contributed by atoms with van der Waals surface area (Å²) in [5, 5.41) is 0. The van der Waals surface area contributed by atoms with Crippen LogP contribution in [0.1, 0.15) is 12.8 Å². The van der Waals surface area contributed by atoms with Gasteiger partial charge in [0, 0.05) is 32.0 Å². The summed E-state index contributed by atoms with van der Waals surface area (Å²) in [6, 6.07) is 3.56. The lowest BCUT2D eigenvalue weighted by Gasteiger charge is -2.16. The topological polar surface area (TPSA) is 101 Å². The molecule has 0 atom stereocenters. The smallest absolute Gasteiger partial charge is 0.242 e. The Kier molecular flexibility index (Phi) is 6.81. The molecule has 0 aliphatic heterocycles. The van der Waals surface area contributed by atoms with E-state index in [1.54, 1.807) is 6.07 Å². The molecule has 0 spiro atoms. The van der Waals surface area contributed by atoms with Crippen LogP contribution in [0.4, 0.5) is 0 Å². The fourth-order valence-corrected chi connectivity index (χ4v) is 2.68. The van der Waals surface area contributed by atoms with E-state index in [0.717, 1.165) is 12.8 Å². The highest BCUT2D eigenvalue weighted by Crippen LogP contribution is 2.24. The first-order chi connectivity index (χ1) is 9.50. The first-order valence-electron chi connectivity index (χ1n) is 6.43. The average molecular weight is 425 g/mol. The van der Waals surface area contributed by atoms with Gasteiger partial charge in [-0.25, -0.2) is 13.1 Å². The molecule has 118 valence electrons. The number of hydrogen-bond acceptors (Lipinski definition) is 4. The molecule has 1 fully saturated rings. The fourth-order valence-electron chi connectivity index (χ4n) is 1.70. The minimum Gasteiger partial charge on any atom is -0.370 e. The number of guanidine groups is 1. The Balaban J connectivity index is 0.00000220. The van der Waals surface area contributed by atoms with Crippen molar-refractivity contribution in [3.63, 3.8) is 0 Å². The molecule has 2 rings (SSSR count). The Bertz CT molecular complexity index is 575. The van der Waals surface area contributed by atoms with E-state index in [9.17, 15) is 8.42 Å². The largest absolute Gasteiger partial charge is 0.370 e. The highest BCUT2D eigenvalue weighted by molar-refractivity contribution is 14.0. The van der Waals surface area contributed by atoms with Gasteiger partial charge in [0.2, 0.25) is 10.0 Å². The first-order valence-corrected chi connectivity index (χ1v) is 7.91. The van der Waals surface area contributed by atoms with Gasteiger partial charge < -0.3 is 10.6 Å². The number of nitrogens with two attached hydrogens (primary N) is 1. The number of nitrogens with one attached hydrogen (secondary N) is 1. The van der Waals surface area contributed by atoms with Gasteiger partial charge in [0.15, 0.2) is 5.96 Å². The van der Waals surface area contributed by atoms with Crippen LogP contribution in [0.3, 0.4) is 0 Å². The summed E-state index contributed by atoms with van der Waals surface area (Å²) < 4.78 is 26.2. The molecule has 1 aliphatic carbocycles. The number of nitrogens with zero attached hydrogens (tertiary/aromatic N) is 3. The van der Waals surface area contributed by atoms with E-state index in [0.29, 0.717) is 18.5 Å². The first kappa shape index (κ1) is 18.1. The van der Waals surface area contributed by atoms with Gasteiger partial charge in [-0.05, 0) is 25.0 Å². The molecule has 0 saturated heterocycles. The Morgan fingerprint density at radius 2 is 2.29 bits per heavy atom. The van der Waals surface area contributed by atoms with E-state index in [2.05, 4.69) is 14.7 Å². The molecule has 1 aromatic heterocycles. The third-order valence-corrected chi connectivity index (χ3v) is 4.52. The average Bonchev–Trinajstić information content (AvgIpc) is 3.28. The van der Waals surface area contributed by atoms with E-state index in [1.165, 1.54) is 18.5 Å². The lowest BCUT2D eigenvalue weighted by molar-refractivity contribution is 0.487. The van der Waals surface area contributed by atoms with Gasteiger partial charge >= 0.3 is 0 Å². The minimum atomic E-state index is -3.52. The van der Waals surface area contributed by atoms with Crippen LogP contribution in [0.15, 0.2) is 34.4 Å². The SMILES string of the molecule is CN(C(N)=NCCNS(=O)(=O)c1cccnc1)C1CC1.I. The molecule has 1 heterocycles. The second-order valence-corrected chi connectivity index (χ2v) is 6.44. The monoisotopic (exact) mass is 425 g/mol. The highest BCUT2D eigenvalue weighted by Gasteiger charge is 2.27. The number of hydrogen-bond donors (Lipinski definition) is 2. The summed E-state index contributed by atoms with van der Waals surface area (Å²) in [5.41, 5.74) is 5.81. The maximum atomic E-state index is 11.9. The third kappa shape index (κ3) is 5.40. The van der Waals surface area contributed by atoms with E-state index < -0.39 is 10.0 Å². The number of halogens is 1. The van der Waals surface area contributed by atoms with E-state index in [1.807, 2.05) is 11.9 Å². The zero-order chi connectivity index (χ0) is 14.6. The van der Waals surface area contributed by atoms with Crippen LogP contribution in [-0.4, -0.2) is 50.4 Å². The summed E-state index contributed by atoms with van der Waals surface area (Å²) in [4.78, 5) is 10.0. The van der Waals surface area contributed by atoms with Gasteiger partial charge in [-0.2, -0.15) is 0 Å². The van der Waals surface area contributed by atoms with E-state index in [4.69, 9.17) is 5.73 Å². The maximum absolute atomic E-state index is 11.9. The zero-order valence-electron chi connectivity index (χ0n) is 11.8. The lowest BCUT2D eigenvalue weighted by Crippen LogP contribution is -2.36. The Labute approximate surface area is 142 Å². The van der Waals surface area contributed by atoms with Crippen LogP contribution in [0.25, 0.3) is 0 Å². The molecule has 0 aromatic carbocycles. The van der Waals surface area contributed by atoms with Gasteiger partial charge in [0.1, 0.15) is 4.90 Å². The zero-order valence-corrected chi connectivity index (χ0v) is 14.9. The standard InChI is InChI=1S/C12H19N5O2S.HI/c1-17(10-4-5-10)12(13)15-7-8-16-20(18,19)11-3-2-6-14-9-11;/h2-3,6,9-10,16H,4-5,7-8H2,1H3,(H2,13,15);1H. The van der Waals surface area contributed by atoms with Crippen LogP contribution >= 0.6 is 24.0 Å². The van der Waals surface area contributed by atoms with Gasteiger partial charge in [0.25, 0.3) is 0 Å². The van der Waals surface area contributed by atoms with Crippen molar-refractivity contribution in [2.24, 2.45) is 10.7 Å². The summed E-state index contributed by atoms with van der Waals surface area (Å²) in [6.45, 7) is 0.513. The van der Waals surface area contributed by atoms with Crippen LogP contribution in [-0.2, 0) is 10.0 Å². The van der Waals surface area contributed by atoms with Crippen molar-refractivity contribution in [2.75, 3.05) is 20.1 Å². The molecule has 9 heteroatoms. The fraction of sp³-hybridized carbons (Fsp3) is 0.500. The van der Waals surface area contributed by atoms with Gasteiger partial charge in [-0.1, -0.05) is 0 Å². The van der Waals surface area contributed by atoms with Gasteiger partial charge in [0.05, 0.1) is 6.54 Å². The lowest BCUT2D eigenvalue weighted by atomic mass is 10.5. The van der Waals surface area contributed by atoms with E-state index in [-0.39, 0.29) is 35.4 Å². The third-order valence-electron chi connectivity index (χ3n) is 3.08. The summed E-state index contributed by atoms with van der Waals surface area (Å²) in [6.07, 6.45) is 5.11. The molecule has 3 N–H and O–H groups in total. The van der Waals surface area contributed by atoms with Crippen molar-refractivity contribution in [1.82, 2.24) is 14.6 Å². The summed E-state index contributed by atoms with van der Waals surface area (Å²) in [5.74, 6) is 0.452. The van der Waals surface area contributed by atoms with Gasteiger partial charge in [-0.15, -0.1) is 24.0 Å². The van der Waals surface area contributed by atoms with Gasteiger partial charge in [-0.3, -0.25) is 9.98 Å². The second kappa shape index (κ2) is 7.90. The van der Waals surface area contributed by atoms with Crippen molar-refractivity contribution in [1.29, 1.82) is 0 Å². The van der Waals surface area contributed by atoms with Crippen molar-refractivity contribution in [3.8, 4) is 0 Å².